The van der Waals surface area contributed by atoms with E-state index in [1.54, 1.807) is 0 Å². The minimum atomic E-state index is -1.91. The van der Waals surface area contributed by atoms with Crippen LogP contribution in [-0.2, 0) is 42.9 Å². The normalized spacial score (nSPS) is 18.7. The van der Waals surface area contributed by atoms with Gasteiger partial charge in [0.15, 0.2) is 24.6 Å². The number of carboxylic acid groups (broad SMARTS) is 1. The molecule has 1 fully saturated rings. The molecule has 0 aromatic rings. The van der Waals surface area contributed by atoms with Gasteiger partial charge in [-0.05, 0) is 83.5 Å². The average Bonchev–Trinajstić information content (AvgIpc) is 3.39. The number of rotatable bonds is 50. The fourth-order valence-corrected chi connectivity index (χ4v) is 8.69. The summed E-state index contributed by atoms with van der Waals surface area (Å²) in [7, 11) is 0. The monoisotopic (exact) mass is 1050 g/mol. The van der Waals surface area contributed by atoms with Crippen molar-refractivity contribution < 1.29 is 58.2 Å². The predicted octanol–water partition coefficient (Wildman–Crippen LogP) is 15.3. The van der Waals surface area contributed by atoms with Crippen LogP contribution in [0.25, 0.3) is 0 Å². The van der Waals surface area contributed by atoms with Crippen molar-refractivity contribution >= 4 is 23.9 Å². The molecule has 0 aromatic carbocycles. The average molecular weight is 1060 g/mol. The first kappa shape index (κ1) is 69.2. The highest BCUT2D eigenvalue weighted by molar-refractivity contribution is 5.74. The number of hydrogen-bond donors (Lipinski definition) is 3. The maximum absolute atomic E-state index is 13.1. The zero-order valence-electron chi connectivity index (χ0n) is 47.3. The number of carbonyl (C=O) groups excluding carboxylic acids is 3. The van der Waals surface area contributed by atoms with Gasteiger partial charge >= 0.3 is 23.9 Å². The fraction of sp³-hybridized carbons (Fsp3) is 0.746. The number of hydrogen-bond acceptors (Lipinski definition) is 11. The number of allylic oxidation sites excluding steroid dienone is 12. The van der Waals surface area contributed by atoms with Crippen LogP contribution in [0.3, 0.4) is 0 Å². The van der Waals surface area contributed by atoms with Gasteiger partial charge in [-0.25, -0.2) is 4.79 Å². The van der Waals surface area contributed by atoms with Crippen molar-refractivity contribution in [2.45, 2.75) is 289 Å². The number of unbranched alkanes of at least 4 members (excludes halogenated alkanes) is 24. The molecule has 6 atom stereocenters. The van der Waals surface area contributed by atoms with E-state index in [-0.39, 0.29) is 25.9 Å². The van der Waals surface area contributed by atoms with E-state index < -0.39 is 67.3 Å². The maximum Gasteiger partial charge on any atom is 0.335 e. The molecule has 6 unspecified atom stereocenters. The van der Waals surface area contributed by atoms with Gasteiger partial charge in [0, 0.05) is 19.3 Å². The Kier molecular flexibility index (Phi) is 47.0. The number of esters is 3. The Balaban J connectivity index is 2.69. The highest BCUT2D eigenvalue weighted by Gasteiger charge is 2.50. The molecule has 1 saturated heterocycles. The molecular formula is C63H106O12. The van der Waals surface area contributed by atoms with Crippen LogP contribution < -0.4 is 0 Å². The van der Waals surface area contributed by atoms with Crippen molar-refractivity contribution in [3.8, 4) is 0 Å². The largest absolute Gasteiger partial charge is 0.479 e. The van der Waals surface area contributed by atoms with Gasteiger partial charge in [0.2, 0.25) is 0 Å². The Labute approximate surface area is 455 Å². The van der Waals surface area contributed by atoms with Gasteiger partial charge < -0.3 is 39.0 Å². The molecule has 0 radical (unpaired) electrons. The van der Waals surface area contributed by atoms with Crippen LogP contribution in [-0.4, -0.2) is 89.2 Å². The molecule has 12 heteroatoms. The zero-order valence-corrected chi connectivity index (χ0v) is 47.3. The lowest BCUT2D eigenvalue weighted by Gasteiger charge is -2.40. The van der Waals surface area contributed by atoms with Gasteiger partial charge in [0.25, 0.3) is 0 Å². The van der Waals surface area contributed by atoms with E-state index in [2.05, 4.69) is 93.7 Å². The lowest BCUT2D eigenvalue weighted by Crippen LogP contribution is -2.61. The minimum Gasteiger partial charge on any atom is -0.479 e. The summed E-state index contributed by atoms with van der Waals surface area (Å²) in [5.74, 6) is -3.15. The molecule has 0 saturated carbocycles. The van der Waals surface area contributed by atoms with Gasteiger partial charge in [-0.15, -0.1) is 0 Å². The van der Waals surface area contributed by atoms with Crippen LogP contribution in [0.4, 0.5) is 0 Å². The van der Waals surface area contributed by atoms with Gasteiger partial charge in [-0.3, -0.25) is 14.4 Å². The first-order valence-corrected chi connectivity index (χ1v) is 29.9. The lowest BCUT2D eigenvalue weighted by molar-refractivity contribution is -0.301. The van der Waals surface area contributed by atoms with Crippen LogP contribution in [0.2, 0.25) is 0 Å². The summed E-state index contributed by atoms with van der Waals surface area (Å²) in [6.45, 7) is 5.79. The Hall–Kier alpha value is -3.84. The molecule has 0 spiro atoms. The van der Waals surface area contributed by atoms with Crippen LogP contribution in [0.1, 0.15) is 252 Å². The molecule has 0 aromatic heterocycles. The van der Waals surface area contributed by atoms with E-state index in [9.17, 15) is 34.5 Å². The van der Waals surface area contributed by atoms with Crippen molar-refractivity contribution in [3.05, 3.63) is 72.9 Å². The highest BCUT2D eigenvalue weighted by Crippen LogP contribution is 2.26. The molecule has 0 amide bonds. The third-order valence-electron chi connectivity index (χ3n) is 13.2. The number of carboxylic acids is 1. The summed E-state index contributed by atoms with van der Waals surface area (Å²) in [6, 6.07) is 0. The Morgan fingerprint density at radius 1 is 0.453 bits per heavy atom. The van der Waals surface area contributed by atoms with Crippen LogP contribution in [0.5, 0.6) is 0 Å². The van der Waals surface area contributed by atoms with Gasteiger partial charge in [-0.1, -0.05) is 222 Å². The second kappa shape index (κ2) is 50.9. The van der Waals surface area contributed by atoms with Crippen LogP contribution >= 0.6 is 0 Å². The van der Waals surface area contributed by atoms with Crippen LogP contribution in [0.15, 0.2) is 72.9 Å². The van der Waals surface area contributed by atoms with Crippen molar-refractivity contribution in [2.75, 3.05) is 13.2 Å². The summed E-state index contributed by atoms with van der Waals surface area (Å²) in [4.78, 5) is 51.1. The summed E-state index contributed by atoms with van der Waals surface area (Å²) >= 11 is 0. The molecule has 3 N–H and O–H groups in total. The van der Waals surface area contributed by atoms with Crippen molar-refractivity contribution in [2.24, 2.45) is 0 Å². The molecule has 12 nitrogen and oxygen atoms in total. The standard InChI is InChI=1S/C63H106O12/c1-4-7-10-13-16-19-22-25-26-27-28-29-30-33-34-37-40-43-46-49-55(64)71-52-54(73-56(65)50-47-44-41-38-35-31-23-20-17-14-11-8-5-2)53-72-63-61(59(68)58(67)60(75-63)62(69)70)74-57(66)51-48-45-42-39-36-32-24-21-18-15-12-9-6-3/h7,10-11,14,16,19-20,23,25-26,28-29,54,58-61,63,67-68H,4-6,8-9,12-13,15,17-18,21-22,24,27,30-53H2,1-3H3,(H,69,70)/b10-7-,14-11-,19-16-,23-20-,26-25-,29-28-. The number of carbonyl (C=O) groups is 4. The molecule has 0 bridgehead atoms. The SMILES string of the molecule is CC/C=C\C/C=C\C/C=C\C/C=C\CCCCCCCCC(=O)OCC(COC1OC(C(=O)O)C(O)C(O)C1OC(=O)CCCCCCCCCCCCCCC)OC(=O)CCCCCCC/C=C\C/C=C\CCC. The number of aliphatic carboxylic acids is 1. The van der Waals surface area contributed by atoms with E-state index in [0.29, 0.717) is 19.3 Å². The van der Waals surface area contributed by atoms with Crippen molar-refractivity contribution in [1.29, 1.82) is 0 Å². The maximum atomic E-state index is 13.1. The van der Waals surface area contributed by atoms with Crippen molar-refractivity contribution in [1.82, 2.24) is 0 Å². The van der Waals surface area contributed by atoms with Gasteiger partial charge in [0.05, 0.1) is 6.61 Å². The van der Waals surface area contributed by atoms with E-state index in [1.807, 2.05) is 0 Å². The van der Waals surface area contributed by atoms with E-state index in [0.717, 1.165) is 141 Å². The van der Waals surface area contributed by atoms with E-state index in [1.165, 1.54) is 51.4 Å². The Morgan fingerprint density at radius 2 is 0.867 bits per heavy atom. The second-order valence-electron chi connectivity index (χ2n) is 20.3. The summed E-state index contributed by atoms with van der Waals surface area (Å²) < 4.78 is 28.4. The van der Waals surface area contributed by atoms with Gasteiger partial charge in [-0.2, -0.15) is 0 Å². The van der Waals surface area contributed by atoms with E-state index >= 15 is 0 Å². The molecule has 430 valence electrons. The third-order valence-corrected chi connectivity index (χ3v) is 13.2. The smallest absolute Gasteiger partial charge is 0.335 e. The van der Waals surface area contributed by atoms with Gasteiger partial charge in [0.1, 0.15) is 18.8 Å². The molecule has 1 rings (SSSR count). The first-order valence-electron chi connectivity index (χ1n) is 29.9. The Bertz CT molecular complexity index is 1580. The van der Waals surface area contributed by atoms with Crippen molar-refractivity contribution in [3.63, 3.8) is 0 Å². The highest BCUT2D eigenvalue weighted by atomic mass is 16.7. The third kappa shape index (κ3) is 41.0. The second-order valence-corrected chi connectivity index (χ2v) is 20.3. The summed E-state index contributed by atoms with van der Waals surface area (Å²) in [5.41, 5.74) is 0. The molecular weight excluding hydrogens is 949 g/mol. The number of aliphatic hydroxyl groups is 2. The molecule has 75 heavy (non-hydrogen) atoms. The number of aliphatic hydroxyl groups excluding tert-OH is 2. The predicted molar refractivity (Wildman–Crippen MR) is 303 cm³/mol. The fourth-order valence-electron chi connectivity index (χ4n) is 8.69. The molecule has 1 aliphatic heterocycles. The quantitative estimate of drug-likeness (QED) is 0.0228. The zero-order chi connectivity index (χ0) is 54.7. The minimum absolute atomic E-state index is 0.0586. The summed E-state index contributed by atoms with van der Waals surface area (Å²) in [6.07, 6.45) is 51.5. The molecule has 0 aliphatic carbocycles. The molecule has 1 heterocycles. The van der Waals surface area contributed by atoms with E-state index in [4.69, 9.17) is 23.7 Å². The Morgan fingerprint density at radius 3 is 1.33 bits per heavy atom. The topological polar surface area (TPSA) is 175 Å². The number of ether oxygens (including phenoxy) is 5. The lowest BCUT2D eigenvalue weighted by atomic mass is 9.98. The van der Waals surface area contributed by atoms with Crippen LogP contribution in [0, 0.1) is 0 Å². The summed E-state index contributed by atoms with van der Waals surface area (Å²) in [5, 5.41) is 31.5. The first-order chi connectivity index (χ1) is 36.6. The molecule has 1 aliphatic rings.